The average Bonchev–Trinajstić information content (AvgIpc) is 2.01. The van der Waals surface area contributed by atoms with E-state index < -0.39 is 11.5 Å². The van der Waals surface area contributed by atoms with Crippen LogP contribution in [0.25, 0.3) is 0 Å². The number of hydrogen-bond donors (Lipinski definition) is 2. The van der Waals surface area contributed by atoms with Gasteiger partial charge < -0.3 is 15.2 Å². The van der Waals surface area contributed by atoms with Crippen molar-refractivity contribution in [1.82, 2.24) is 5.32 Å². The van der Waals surface area contributed by atoms with E-state index in [9.17, 15) is 4.79 Å². The number of nitrogens with one attached hydrogen (secondary N) is 1. The Morgan fingerprint density at radius 3 is 2.54 bits per heavy atom. The van der Waals surface area contributed by atoms with Gasteiger partial charge in [0.05, 0.1) is 0 Å². The third kappa shape index (κ3) is 4.85. The van der Waals surface area contributed by atoms with Crippen LogP contribution in [-0.2, 0) is 9.53 Å². The number of aliphatic carboxylic acids is 1. The Bertz CT molecular complexity index is 168. The fourth-order valence-electron chi connectivity index (χ4n) is 0.848. The van der Waals surface area contributed by atoms with Gasteiger partial charge in [0.15, 0.2) is 0 Å². The van der Waals surface area contributed by atoms with Gasteiger partial charge in [-0.3, -0.25) is 4.79 Å². The summed E-state index contributed by atoms with van der Waals surface area (Å²) in [5, 5.41) is 11.8. The fraction of sp³-hybridized carbons (Fsp3) is 0.889. The molecular formula is C9H19NO3. The van der Waals surface area contributed by atoms with Gasteiger partial charge in [-0.1, -0.05) is 6.92 Å². The molecule has 0 aromatic heterocycles. The van der Waals surface area contributed by atoms with Gasteiger partial charge in [0.2, 0.25) is 0 Å². The van der Waals surface area contributed by atoms with Gasteiger partial charge in [-0.2, -0.15) is 0 Å². The third-order valence-electron chi connectivity index (χ3n) is 1.88. The summed E-state index contributed by atoms with van der Waals surface area (Å²) in [5.74, 6) is -0.513. The van der Waals surface area contributed by atoms with E-state index in [2.05, 4.69) is 5.32 Å². The molecule has 1 atom stereocenters. The Balaban J connectivity index is 3.80. The highest BCUT2D eigenvalue weighted by Crippen LogP contribution is 2.03. The molecule has 0 amide bonds. The molecule has 0 fully saturated rings. The van der Waals surface area contributed by atoms with Crippen LogP contribution in [0.5, 0.6) is 0 Å². The Morgan fingerprint density at radius 2 is 2.15 bits per heavy atom. The van der Waals surface area contributed by atoms with Crippen LogP contribution in [0.3, 0.4) is 0 Å². The molecule has 78 valence electrons. The van der Waals surface area contributed by atoms with Crippen LogP contribution in [0.4, 0.5) is 0 Å². The normalized spacial score (nSPS) is 14.2. The van der Waals surface area contributed by atoms with Crippen molar-refractivity contribution in [3.8, 4) is 0 Å². The summed E-state index contributed by atoms with van der Waals surface area (Å²) in [7, 11) is 1.64. The topological polar surface area (TPSA) is 58.6 Å². The van der Waals surface area contributed by atoms with Crippen molar-refractivity contribution in [2.75, 3.05) is 20.3 Å². The summed E-state index contributed by atoms with van der Waals surface area (Å²) in [6.07, 6.45) is 0. The van der Waals surface area contributed by atoms with E-state index in [0.717, 1.165) is 0 Å². The zero-order valence-electron chi connectivity index (χ0n) is 8.76. The molecule has 0 aliphatic rings. The molecule has 1 unspecified atom stereocenters. The van der Waals surface area contributed by atoms with Crippen LogP contribution < -0.4 is 5.32 Å². The maximum absolute atomic E-state index is 10.7. The lowest BCUT2D eigenvalue weighted by Crippen LogP contribution is -2.48. The molecule has 13 heavy (non-hydrogen) atoms. The molecule has 0 aromatic carbocycles. The van der Waals surface area contributed by atoms with Crippen molar-refractivity contribution in [1.29, 1.82) is 0 Å². The summed E-state index contributed by atoms with van der Waals surface area (Å²) in [5.41, 5.74) is -0.859. The molecule has 0 bridgehead atoms. The van der Waals surface area contributed by atoms with E-state index in [1.165, 1.54) is 0 Å². The molecule has 0 saturated carbocycles. The molecule has 0 heterocycles. The maximum Gasteiger partial charge on any atom is 0.323 e. The maximum atomic E-state index is 10.7. The van der Waals surface area contributed by atoms with Crippen LogP contribution in [0.1, 0.15) is 20.8 Å². The summed E-state index contributed by atoms with van der Waals surface area (Å²) >= 11 is 0. The first kappa shape index (κ1) is 12.4. The first-order valence-electron chi connectivity index (χ1n) is 4.37. The van der Waals surface area contributed by atoms with E-state index >= 15 is 0 Å². The molecule has 0 spiro atoms. The highest BCUT2D eigenvalue weighted by atomic mass is 16.5. The fourth-order valence-corrected chi connectivity index (χ4v) is 0.848. The van der Waals surface area contributed by atoms with Crippen molar-refractivity contribution in [3.63, 3.8) is 0 Å². The minimum absolute atomic E-state index is 0.323. The van der Waals surface area contributed by atoms with Gasteiger partial charge in [-0.15, -0.1) is 0 Å². The zero-order valence-corrected chi connectivity index (χ0v) is 8.76. The number of rotatable bonds is 6. The lowest BCUT2D eigenvalue weighted by Gasteiger charge is -2.23. The second-order valence-corrected chi connectivity index (χ2v) is 3.87. The highest BCUT2D eigenvalue weighted by molar-refractivity contribution is 5.77. The highest BCUT2D eigenvalue weighted by Gasteiger charge is 2.26. The van der Waals surface area contributed by atoms with E-state index in [-0.39, 0.29) is 0 Å². The van der Waals surface area contributed by atoms with E-state index in [4.69, 9.17) is 9.84 Å². The van der Waals surface area contributed by atoms with Crippen LogP contribution in [0.15, 0.2) is 0 Å². The molecule has 0 saturated heterocycles. The van der Waals surface area contributed by atoms with Crippen LogP contribution in [-0.4, -0.2) is 36.9 Å². The minimum Gasteiger partial charge on any atom is -0.480 e. The van der Waals surface area contributed by atoms with Crippen LogP contribution in [0.2, 0.25) is 0 Å². The van der Waals surface area contributed by atoms with Crippen LogP contribution >= 0.6 is 0 Å². The van der Waals surface area contributed by atoms with Crippen molar-refractivity contribution >= 4 is 5.97 Å². The second-order valence-electron chi connectivity index (χ2n) is 3.87. The Labute approximate surface area is 79.3 Å². The number of carboxylic acid groups (broad SMARTS) is 1. The average molecular weight is 189 g/mol. The molecule has 4 nitrogen and oxygen atoms in total. The summed E-state index contributed by atoms with van der Waals surface area (Å²) < 4.78 is 4.94. The van der Waals surface area contributed by atoms with E-state index in [1.807, 2.05) is 6.92 Å². The van der Waals surface area contributed by atoms with Crippen molar-refractivity contribution in [2.45, 2.75) is 26.3 Å². The first-order chi connectivity index (χ1) is 5.90. The number of methoxy groups -OCH3 is 1. The summed E-state index contributed by atoms with van der Waals surface area (Å²) in [4.78, 5) is 10.7. The second kappa shape index (κ2) is 5.19. The Morgan fingerprint density at radius 1 is 1.62 bits per heavy atom. The van der Waals surface area contributed by atoms with Gasteiger partial charge in [0.1, 0.15) is 5.54 Å². The van der Waals surface area contributed by atoms with E-state index in [0.29, 0.717) is 19.1 Å². The first-order valence-corrected chi connectivity index (χ1v) is 4.37. The smallest absolute Gasteiger partial charge is 0.323 e. The number of ether oxygens (including phenoxy) is 1. The SMILES string of the molecule is COCC(C)CNC(C)(C)C(=O)O. The molecule has 0 aromatic rings. The Hall–Kier alpha value is -0.610. The predicted octanol–water partition coefficient (Wildman–Crippen LogP) is 0.722. The van der Waals surface area contributed by atoms with Gasteiger partial charge in [-0.25, -0.2) is 0 Å². The van der Waals surface area contributed by atoms with Crippen molar-refractivity contribution in [3.05, 3.63) is 0 Å². The van der Waals surface area contributed by atoms with E-state index in [1.54, 1.807) is 21.0 Å². The zero-order chi connectivity index (χ0) is 10.5. The van der Waals surface area contributed by atoms with Crippen molar-refractivity contribution in [2.24, 2.45) is 5.92 Å². The summed E-state index contributed by atoms with van der Waals surface area (Å²) in [6.45, 7) is 6.59. The van der Waals surface area contributed by atoms with Crippen LogP contribution in [0, 0.1) is 5.92 Å². The molecular weight excluding hydrogens is 170 g/mol. The molecule has 0 radical (unpaired) electrons. The van der Waals surface area contributed by atoms with Crippen molar-refractivity contribution < 1.29 is 14.6 Å². The lowest BCUT2D eigenvalue weighted by molar-refractivity contribution is -0.143. The monoisotopic (exact) mass is 189 g/mol. The molecule has 0 aliphatic heterocycles. The quantitative estimate of drug-likeness (QED) is 0.646. The number of hydrogen-bond acceptors (Lipinski definition) is 3. The van der Waals surface area contributed by atoms with Gasteiger partial charge in [0, 0.05) is 20.3 Å². The molecule has 0 rings (SSSR count). The Kier molecular flexibility index (Phi) is 4.95. The summed E-state index contributed by atoms with van der Waals surface area (Å²) in [6, 6.07) is 0. The standard InChI is InChI=1S/C9H19NO3/c1-7(6-13-4)5-10-9(2,3)8(11)12/h7,10H,5-6H2,1-4H3,(H,11,12). The molecule has 0 aliphatic carbocycles. The molecule has 2 N–H and O–H groups in total. The predicted molar refractivity (Wildman–Crippen MR) is 50.8 cm³/mol. The van der Waals surface area contributed by atoms with Gasteiger partial charge >= 0.3 is 5.97 Å². The van der Waals surface area contributed by atoms with Gasteiger partial charge in [0.25, 0.3) is 0 Å². The molecule has 4 heteroatoms. The minimum atomic E-state index is -0.859. The third-order valence-corrected chi connectivity index (χ3v) is 1.88. The number of carbonyl (C=O) groups is 1. The largest absolute Gasteiger partial charge is 0.480 e. The van der Waals surface area contributed by atoms with Gasteiger partial charge in [-0.05, 0) is 19.8 Å². The number of carboxylic acids is 1. The lowest BCUT2D eigenvalue weighted by atomic mass is 10.0.